The van der Waals surface area contributed by atoms with Gasteiger partial charge in [-0.05, 0) is 33.3 Å². The summed E-state index contributed by atoms with van der Waals surface area (Å²) in [5.41, 5.74) is 0.918. The predicted octanol–water partition coefficient (Wildman–Crippen LogP) is 2.04. The van der Waals surface area contributed by atoms with Gasteiger partial charge in [0.2, 0.25) is 5.91 Å². The standard InChI is InChI=1S/C17H24N4O2S2/c1-9-7-18-5-6-21(9)17(23)12(4)24-8-13-19-15(22)14-10(2)11(3)25-16(14)20-13/h9,12,18H,5-8H2,1-4H3,(H,19,20,22)/t9-,12?/m0/s1. The van der Waals surface area contributed by atoms with Crippen molar-refractivity contribution in [3.8, 4) is 0 Å². The number of nitrogens with one attached hydrogen (secondary N) is 2. The summed E-state index contributed by atoms with van der Waals surface area (Å²) in [4.78, 5) is 36.3. The average molecular weight is 381 g/mol. The topological polar surface area (TPSA) is 78.1 Å². The minimum atomic E-state index is -0.159. The summed E-state index contributed by atoms with van der Waals surface area (Å²) < 4.78 is 0. The van der Waals surface area contributed by atoms with E-state index in [1.54, 1.807) is 11.3 Å². The molecule has 0 saturated carbocycles. The van der Waals surface area contributed by atoms with Gasteiger partial charge in [0.15, 0.2) is 0 Å². The van der Waals surface area contributed by atoms with Gasteiger partial charge in [-0.25, -0.2) is 4.98 Å². The Kier molecular flexibility index (Phi) is 5.50. The number of amides is 1. The fraction of sp³-hybridized carbons (Fsp3) is 0.588. The van der Waals surface area contributed by atoms with Crippen LogP contribution in [0.2, 0.25) is 0 Å². The molecule has 1 amide bonds. The largest absolute Gasteiger partial charge is 0.336 e. The van der Waals surface area contributed by atoms with Crippen molar-refractivity contribution in [1.29, 1.82) is 0 Å². The van der Waals surface area contributed by atoms with Crippen LogP contribution in [-0.4, -0.2) is 51.7 Å². The van der Waals surface area contributed by atoms with E-state index in [1.807, 2.05) is 25.7 Å². The van der Waals surface area contributed by atoms with Gasteiger partial charge in [-0.1, -0.05) is 0 Å². The number of fused-ring (bicyclic) bond motifs is 1. The van der Waals surface area contributed by atoms with Gasteiger partial charge in [0.25, 0.3) is 5.56 Å². The normalized spacial score (nSPS) is 19.4. The Bertz CT molecular complexity index is 845. The first-order chi connectivity index (χ1) is 11.9. The van der Waals surface area contributed by atoms with Crippen LogP contribution in [0.5, 0.6) is 0 Å². The zero-order chi connectivity index (χ0) is 18.1. The molecule has 0 spiro atoms. The molecule has 1 unspecified atom stereocenters. The molecule has 136 valence electrons. The number of aromatic amines is 1. The molecular weight excluding hydrogens is 356 g/mol. The quantitative estimate of drug-likeness (QED) is 0.849. The van der Waals surface area contributed by atoms with Crippen molar-refractivity contribution in [3.63, 3.8) is 0 Å². The monoisotopic (exact) mass is 380 g/mol. The summed E-state index contributed by atoms with van der Waals surface area (Å²) in [6.45, 7) is 10.4. The molecule has 1 fully saturated rings. The van der Waals surface area contributed by atoms with Crippen molar-refractivity contribution in [2.75, 3.05) is 19.6 Å². The lowest BCUT2D eigenvalue weighted by atomic mass is 10.2. The zero-order valence-electron chi connectivity index (χ0n) is 15.0. The Morgan fingerprint density at radius 2 is 2.24 bits per heavy atom. The number of aromatic nitrogens is 2. The number of thioether (sulfide) groups is 1. The van der Waals surface area contributed by atoms with Gasteiger partial charge in [-0.2, -0.15) is 0 Å². The summed E-state index contributed by atoms with van der Waals surface area (Å²) in [7, 11) is 0. The molecule has 2 aromatic rings. The van der Waals surface area contributed by atoms with Gasteiger partial charge in [-0.3, -0.25) is 9.59 Å². The molecule has 3 rings (SSSR count). The zero-order valence-corrected chi connectivity index (χ0v) is 16.6. The van der Waals surface area contributed by atoms with Crippen molar-refractivity contribution >= 4 is 39.2 Å². The second-order valence-electron chi connectivity index (χ2n) is 6.51. The third-order valence-corrected chi connectivity index (χ3v) is 6.93. The molecule has 1 aliphatic rings. The Morgan fingerprint density at radius 1 is 1.48 bits per heavy atom. The Morgan fingerprint density at radius 3 is 2.96 bits per heavy atom. The molecule has 2 atom stereocenters. The van der Waals surface area contributed by atoms with Gasteiger partial charge >= 0.3 is 0 Å². The molecule has 2 aromatic heterocycles. The minimum Gasteiger partial charge on any atom is -0.336 e. The highest BCUT2D eigenvalue weighted by Crippen LogP contribution is 2.26. The molecule has 0 radical (unpaired) electrons. The molecule has 25 heavy (non-hydrogen) atoms. The highest BCUT2D eigenvalue weighted by Gasteiger charge is 2.27. The Balaban J connectivity index is 1.69. The highest BCUT2D eigenvalue weighted by molar-refractivity contribution is 7.99. The number of carbonyl (C=O) groups is 1. The van der Waals surface area contributed by atoms with Crippen LogP contribution < -0.4 is 10.9 Å². The molecule has 0 aromatic carbocycles. The summed E-state index contributed by atoms with van der Waals surface area (Å²) in [5, 5.41) is 3.83. The number of piperazine rings is 1. The van der Waals surface area contributed by atoms with E-state index in [4.69, 9.17) is 0 Å². The first kappa shape index (κ1) is 18.4. The SMILES string of the molecule is Cc1sc2nc(CSC(C)C(=O)N3CCNC[C@@H]3C)[nH]c(=O)c2c1C. The van der Waals surface area contributed by atoms with E-state index < -0.39 is 0 Å². The maximum Gasteiger partial charge on any atom is 0.259 e. The maximum atomic E-state index is 12.6. The van der Waals surface area contributed by atoms with Gasteiger partial charge in [0.1, 0.15) is 10.7 Å². The minimum absolute atomic E-state index is 0.0860. The fourth-order valence-electron chi connectivity index (χ4n) is 3.04. The van der Waals surface area contributed by atoms with Crippen molar-refractivity contribution in [2.45, 2.75) is 44.7 Å². The Labute approximate surface area is 155 Å². The van der Waals surface area contributed by atoms with E-state index in [1.165, 1.54) is 11.8 Å². The number of carbonyl (C=O) groups excluding carboxylic acids is 1. The second kappa shape index (κ2) is 7.47. The first-order valence-corrected chi connectivity index (χ1v) is 10.4. The third kappa shape index (κ3) is 3.75. The van der Waals surface area contributed by atoms with E-state index in [-0.39, 0.29) is 22.8 Å². The van der Waals surface area contributed by atoms with Gasteiger partial charge in [0.05, 0.1) is 16.4 Å². The molecular formula is C17H24N4O2S2. The van der Waals surface area contributed by atoms with E-state index in [9.17, 15) is 9.59 Å². The number of nitrogens with zero attached hydrogens (tertiary/aromatic N) is 2. The number of H-pyrrole nitrogens is 1. The molecule has 1 aliphatic heterocycles. The predicted molar refractivity (Wildman–Crippen MR) is 105 cm³/mol. The van der Waals surface area contributed by atoms with Crippen LogP contribution in [-0.2, 0) is 10.5 Å². The summed E-state index contributed by atoms with van der Waals surface area (Å²) in [6, 6.07) is 0.218. The van der Waals surface area contributed by atoms with Crippen LogP contribution in [0.1, 0.15) is 30.1 Å². The molecule has 0 bridgehead atoms. The Hall–Kier alpha value is -1.38. The first-order valence-electron chi connectivity index (χ1n) is 8.50. The maximum absolute atomic E-state index is 12.6. The van der Waals surface area contributed by atoms with Gasteiger partial charge in [-0.15, -0.1) is 23.1 Å². The van der Waals surface area contributed by atoms with Crippen LogP contribution in [0.4, 0.5) is 0 Å². The number of hydrogen-bond acceptors (Lipinski definition) is 6. The number of hydrogen-bond donors (Lipinski definition) is 2. The third-order valence-electron chi connectivity index (χ3n) is 4.69. The number of rotatable bonds is 4. The lowest BCUT2D eigenvalue weighted by molar-refractivity contribution is -0.133. The van der Waals surface area contributed by atoms with Crippen LogP contribution in [0.3, 0.4) is 0 Å². The van der Waals surface area contributed by atoms with Gasteiger partial charge in [0, 0.05) is 30.6 Å². The number of thiophene rings is 1. The highest BCUT2D eigenvalue weighted by atomic mass is 32.2. The van der Waals surface area contributed by atoms with Crippen molar-refractivity contribution in [2.24, 2.45) is 0 Å². The van der Waals surface area contributed by atoms with Crippen molar-refractivity contribution < 1.29 is 4.79 Å². The smallest absolute Gasteiger partial charge is 0.259 e. The van der Waals surface area contributed by atoms with Crippen molar-refractivity contribution in [1.82, 2.24) is 20.2 Å². The van der Waals surface area contributed by atoms with Crippen LogP contribution in [0.25, 0.3) is 10.2 Å². The summed E-state index contributed by atoms with van der Waals surface area (Å²) in [5.74, 6) is 1.32. The fourth-order valence-corrected chi connectivity index (χ4v) is 4.92. The number of aryl methyl sites for hydroxylation is 2. The molecule has 1 saturated heterocycles. The molecule has 6 nitrogen and oxygen atoms in total. The van der Waals surface area contributed by atoms with Crippen LogP contribution in [0, 0.1) is 13.8 Å². The summed E-state index contributed by atoms with van der Waals surface area (Å²) >= 11 is 3.07. The average Bonchev–Trinajstić information content (AvgIpc) is 2.87. The summed E-state index contributed by atoms with van der Waals surface area (Å²) in [6.07, 6.45) is 0. The van der Waals surface area contributed by atoms with Crippen molar-refractivity contribution in [3.05, 3.63) is 26.6 Å². The lowest BCUT2D eigenvalue weighted by Crippen LogP contribution is -2.54. The molecule has 8 heteroatoms. The molecule has 3 heterocycles. The van der Waals surface area contributed by atoms with E-state index in [0.29, 0.717) is 17.0 Å². The van der Waals surface area contributed by atoms with Crippen LogP contribution in [0.15, 0.2) is 4.79 Å². The molecule has 0 aliphatic carbocycles. The van der Waals surface area contributed by atoms with E-state index >= 15 is 0 Å². The lowest BCUT2D eigenvalue weighted by Gasteiger charge is -2.35. The van der Waals surface area contributed by atoms with Gasteiger partial charge < -0.3 is 15.2 Å². The van der Waals surface area contributed by atoms with E-state index in [0.717, 1.165) is 34.9 Å². The van der Waals surface area contributed by atoms with E-state index in [2.05, 4.69) is 22.2 Å². The second-order valence-corrected chi connectivity index (χ2v) is 9.05. The van der Waals surface area contributed by atoms with Crippen LogP contribution >= 0.6 is 23.1 Å². The molecule has 2 N–H and O–H groups in total.